The normalized spacial score (nSPS) is 10.1. The Morgan fingerprint density at radius 3 is 2.16 bits per heavy atom. The van der Waals surface area contributed by atoms with Gasteiger partial charge in [0.25, 0.3) is 0 Å². The van der Waals surface area contributed by atoms with Crippen LogP contribution < -0.4 is 5.32 Å². The second kappa shape index (κ2) is 4.83. The van der Waals surface area contributed by atoms with E-state index in [2.05, 4.69) is 41.7 Å². The molecule has 0 amide bonds. The molecule has 3 rings (SSSR count). The fraction of sp³-hybridized carbons (Fsp3) is 0. The zero-order chi connectivity index (χ0) is 13.1. The Kier molecular flexibility index (Phi) is 2.88. The predicted octanol–water partition coefficient (Wildman–Crippen LogP) is 4.46. The summed E-state index contributed by atoms with van der Waals surface area (Å²) in [4.78, 5) is 0. The minimum Gasteiger partial charge on any atom is -0.356 e. The smallest absolute Gasteiger partial charge is 0.0991 e. The Bertz CT molecular complexity index is 752. The highest BCUT2D eigenvalue weighted by Crippen LogP contribution is 2.22. The zero-order valence-corrected chi connectivity index (χ0v) is 10.3. The van der Waals surface area contributed by atoms with Crippen molar-refractivity contribution < 1.29 is 0 Å². The SMILES string of the molecule is N#Cc1ccc(Nc2ccc3ccccc3c2)cc1. The van der Waals surface area contributed by atoms with Crippen molar-refractivity contribution in [2.45, 2.75) is 0 Å². The zero-order valence-electron chi connectivity index (χ0n) is 10.3. The largest absolute Gasteiger partial charge is 0.356 e. The summed E-state index contributed by atoms with van der Waals surface area (Å²) >= 11 is 0. The molecule has 2 heteroatoms. The maximum Gasteiger partial charge on any atom is 0.0991 e. The van der Waals surface area contributed by atoms with Crippen molar-refractivity contribution in [1.82, 2.24) is 0 Å². The molecule has 0 unspecified atom stereocenters. The Hall–Kier alpha value is -2.79. The number of rotatable bonds is 2. The van der Waals surface area contributed by atoms with Crippen LogP contribution in [0.5, 0.6) is 0 Å². The van der Waals surface area contributed by atoms with Crippen LogP contribution in [0.4, 0.5) is 11.4 Å². The summed E-state index contributed by atoms with van der Waals surface area (Å²) < 4.78 is 0. The number of benzene rings is 3. The highest BCUT2D eigenvalue weighted by molar-refractivity contribution is 5.86. The van der Waals surface area contributed by atoms with Crippen LogP contribution in [0.25, 0.3) is 10.8 Å². The third-order valence-electron chi connectivity index (χ3n) is 3.05. The number of anilines is 2. The molecule has 0 heterocycles. The predicted molar refractivity (Wildman–Crippen MR) is 78.4 cm³/mol. The first-order chi connectivity index (χ1) is 9.35. The van der Waals surface area contributed by atoms with Gasteiger partial charge < -0.3 is 5.32 Å². The maximum absolute atomic E-state index is 8.77. The summed E-state index contributed by atoms with van der Waals surface area (Å²) in [6, 6.07) is 24.1. The number of nitriles is 1. The number of hydrogen-bond acceptors (Lipinski definition) is 2. The standard InChI is InChI=1S/C17H12N2/c18-12-13-5-8-16(9-6-13)19-17-10-7-14-3-1-2-4-15(14)11-17/h1-11,19H. The van der Waals surface area contributed by atoms with Crippen molar-refractivity contribution in [3.8, 4) is 6.07 Å². The molecule has 3 aromatic rings. The van der Waals surface area contributed by atoms with Crippen LogP contribution in [-0.4, -0.2) is 0 Å². The van der Waals surface area contributed by atoms with Crippen LogP contribution in [0.1, 0.15) is 5.56 Å². The summed E-state index contributed by atoms with van der Waals surface area (Å²) in [6.45, 7) is 0. The lowest BCUT2D eigenvalue weighted by molar-refractivity contribution is 1.48. The molecule has 90 valence electrons. The number of fused-ring (bicyclic) bond motifs is 1. The first kappa shape index (κ1) is 11.3. The lowest BCUT2D eigenvalue weighted by Crippen LogP contribution is -1.90. The fourth-order valence-corrected chi connectivity index (χ4v) is 2.06. The van der Waals surface area contributed by atoms with Crippen molar-refractivity contribution >= 4 is 22.1 Å². The summed E-state index contributed by atoms with van der Waals surface area (Å²) in [5.41, 5.74) is 2.70. The molecule has 0 aromatic heterocycles. The summed E-state index contributed by atoms with van der Waals surface area (Å²) in [6.07, 6.45) is 0. The quantitative estimate of drug-likeness (QED) is 0.722. The van der Waals surface area contributed by atoms with Crippen LogP contribution in [0, 0.1) is 11.3 Å². The molecule has 2 nitrogen and oxygen atoms in total. The van der Waals surface area contributed by atoms with E-state index in [1.54, 1.807) is 0 Å². The molecule has 1 N–H and O–H groups in total. The Balaban J connectivity index is 1.90. The van der Waals surface area contributed by atoms with Crippen molar-refractivity contribution in [3.63, 3.8) is 0 Å². The van der Waals surface area contributed by atoms with E-state index in [4.69, 9.17) is 5.26 Å². The third-order valence-corrected chi connectivity index (χ3v) is 3.05. The van der Waals surface area contributed by atoms with E-state index in [0.29, 0.717) is 5.56 Å². The lowest BCUT2D eigenvalue weighted by atomic mass is 10.1. The minimum absolute atomic E-state index is 0.670. The average molecular weight is 244 g/mol. The molecule has 0 aliphatic carbocycles. The molecule has 0 bridgehead atoms. The molecule has 0 radical (unpaired) electrons. The third kappa shape index (κ3) is 2.41. The molecular formula is C17H12N2. The molecule has 3 aromatic carbocycles. The lowest BCUT2D eigenvalue weighted by Gasteiger charge is -2.07. The number of nitrogens with one attached hydrogen (secondary N) is 1. The van der Waals surface area contributed by atoms with Crippen LogP contribution in [-0.2, 0) is 0 Å². The van der Waals surface area contributed by atoms with E-state index in [9.17, 15) is 0 Å². The monoisotopic (exact) mass is 244 g/mol. The molecule has 0 saturated heterocycles. The topological polar surface area (TPSA) is 35.8 Å². The molecule has 0 aliphatic rings. The second-order valence-corrected chi connectivity index (χ2v) is 4.38. The van der Waals surface area contributed by atoms with E-state index < -0.39 is 0 Å². The summed E-state index contributed by atoms with van der Waals surface area (Å²) in [5.74, 6) is 0. The highest BCUT2D eigenvalue weighted by atomic mass is 14.9. The Labute approximate surface area is 111 Å². The summed E-state index contributed by atoms with van der Waals surface area (Å²) in [5, 5.41) is 14.5. The molecule has 19 heavy (non-hydrogen) atoms. The van der Waals surface area contributed by atoms with Gasteiger partial charge in [-0.05, 0) is 47.2 Å². The van der Waals surface area contributed by atoms with Gasteiger partial charge in [-0.25, -0.2) is 0 Å². The van der Waals surface area contributed by atoms with E-state index in [-0.39, 0.29) is 0 Å². The van der Waals surface area contributed by atoms with Gasteiger partial charge in [-0.1, -0.05) is 30.3 Å². The van der Waals surface area contributed by atoms with Gasteiger partial charge >= 0.3 is 0 Å². The first-order valence-electron chi connectivity index (χ1n) is 6.11. The van der Waals surface area contributed by atoms with E-state index in [1.165, 1.54) is 10.8 Å². The minimum atomic E-state index is 0.670. The van der Waals surface area contributed by atoms with E-state index in [1.807, 2.05) is 36.4 Å². The number of hydrogen-bond donors (Lipinski definition) is 1. The van der Waals surface area contributed by atoms with Gasteiger partial charge in [0, 0.05) is 11.4 Å². The Morgan fingerprint density at radius 1 is 0.737 bits per heavy atom. The molecule has 0 atom stereocenters. The van der Waals surface area contributed by atoms with E-state index in [0.717, 1.165) is 11.4 Å². The van der Waals surface area contributed by atoms with Gasteiger partial charge in [-0.15, -0.1) is 0 Å². The van der Waals surface area contributed by atoms with E-state index >= 15 is 0 Å². The Morgan fingerprint density at radius 2 is 1.42 bits per heavy atom. The molecular weight excluding hydrogens is 232 g/mol. The van der Waals surface area contributed by atoms with Gasteiger partial charge in [0.15, 0.2) is 0 Å². The van der Waals surface area contributed by atoms with Crippen LogP contribution >= 0.6 is 0 Å². The molecule has 0 fully saturated rings. The average Bonchev–Trinajstić information content (AvgIpc) is 2.48. The van der Waals surface area contributed by atoms with Crippen molar-refractivity contribution in [3.05, 3.63) is 72.3 Å². The van der Waals surface area contributed by atoms with Gasteiger partial charge in [0.05, 0.1) is 11.6 Å². The maximum atomic E-state index is 8.77. The van der Waals surface area contributed by atoms with Gasteiger partial charge in [0.2, 0.25) is 0 Å². The van der Waals surface area contributed by atoms with Gasteiger partial charge in [-0.2, -0.15) is 5.26 Å². The van der Waals surface area contributed by atoms with Crippen LogP contribution in [0.2, 0.25) is 0 Å². The van der Waals surface area contributed by atoms with Gasteiger partial charge in [0.1, 0.15) is 0 Å². The number of nitrogens with zero attached hydrogens (tertiary/aromatic N) is 1. The van der Waals surface area contributed by atoms with Crippen molar-refractivity contribution in [2.24, 2.45) is 0 Å². The first-order valence-corrected chi connectivity index (χ1v) is 6.11. The van der Waals surface area contributed by atoms with Gasteiger partial charge in [-0.3, -0.25) is 0 Å². The molecule has 0 spiro atoms. The molecule has 0 saturated carbocycles. The van der Waals surface area contributed by atoms with Crippen LogP contribution in [0.15, 0.2) is 66.7 Å². The second-order valence-electron chi connectivity index (χ2n) is 4.38. The van der Waals surface area contributed by atoms with Crippen molar-refractivity contribution in [2.75, 3.05) is 5.32 Å². The fourth-order valence-electron chi connectivity index (χ4n) is 2.06. The van der Waals surface area contributed by atoms with Crippen LogP contribution in [0.3, 0.4) is 0 Å². The summed E-state index contributed by atoms with van der Waals surface area (Å²) in [7, 11) is 0. The highest BCUT2D eigenvalue weighted by Gasteiger charge is 1.97. The molecule has 0 aliphatic heterocycles. The van der Waals surface area contributed by atoms with Crippen molar-refractivity contribution in [1.29, 1.82) is 5.26 Å².